The van der Waals surface area contributed by atoms with Gasteiger partial charge in [0.05, 0.1) is 0 Å². The molecule has 6 heteroatoms. The highest BCUT2D eigenvalue weighted by molar-refractivity contribution is 6.27. The second-order valence-electron chi connectivity index (χ2n) is 3.48. The van der Waals surface area contributed by atoms with Crippen LogP contribution in [0.5, 0.6) is 0 Å². The zero-order chi connectivity index (χ0) is 12.9. The molecule has 94 valence electrons. The molecule has 0 atom stereocenters. The van der Waals surface area contributed by atoms with E-state index in [0.29, 0.717) is 10.5 Å². The lowest BCUT2D eigenvalue weighted by Crippen LogP contribution is -2.39. The van der Waals surface area contributed by atoms with Crippen LogP contribution < -0.4 is 0 Å². The van der Waals surface area contributed by atoms with Crippen molar-refractivity contribution < 1.29 is 18.0 Å². The van der Waals surface area contributed by atoms with Crippen molar-refractivity contribution in [2.45, 2.75) is 12.7 Å². The third-order valence-electron chi connectivity index (χ3n) is 2.05. The van der Waals surface area contributed by atoms with Crippen molar-refractivity contribution in [3.05, 3.63) is 35.9 Å². The van der Waals surface area contributed by atoms with Crippen LogP contribution in [-0.2, 0) is 11.3 Å². The van der Waals surface area contributed by atoms with E-state index in [-0.39, 0.29) is 6.54 Å². The molecule has 1 aromatic rings. The first kappa shape index (κ1) is 13.8. The third kappa shape index (κ3) is 5.08. The molecule has 0 N–H and O–H groups in total. The maximum absolute atomic E-state index is 12.3. The standard InChI is InChI=1S/C11H11ClF3NO/c12-6-10(17)16(8-11(13,14)15)7-9-4-2-1-3-5-9/h1-5H,6-8H2. The van der Waals surface area contributed by atoms with E-state index < -0.39 is 24.5 Å². The summed E-state index contributed by atoms with van der Waals surface area (Å²) in [6, 6.07) is 8.47. The minimum absolute atomic E-state index is 0.0914. The number of benzene rings is 1. The molecule has 1 rings (SSSR count). The SMILES string of the molecule is O=C(CCl)N(Cc1ccccc1)CC(F)(F)F. The Morgan fingerprint density at radius 2 is 1.82 bits per heavy atom. The number of halogens is 4. The highest BCUT2D eigenvalue weighted by Crippen LogP contribution is 2.18. The molecule has 0 bridgehead atoms. The Hall–Kier alpha value is -1.23. The van der Waals surface area contributed by atoms with E-state index in [2.05, 4.69) is 0 Å². The number of carbonyl (C=O) groups is 1. The second-order valence-corrected chi connectivity index (χ2v) is 3.75. The van der Waals surface area contributed by atoms with Crippen LogP contribution in [0.4, 0.5) is 13.2 Å². The summed E-state index contributed by atoms with van der Waals surface area (Å²) < 4.78 is 36.8. The highest BCUT2D eigenvalue weighted by atomic mass is 35.5. The molecule has 2 nitrogen and oxygen atoms in total. The lowest BCUT2D eigenvalue weighted by molar-refractivity contribution is -0.160. The summed E-state index contributed by atoms with van der Waals surface area (Å²) in [6.45, 7) is -1.38. The second kappa shape index (κ2) is 5.91. The minimum Gasteiger partial charge on any atom is -0.328 e. The van der Waals surface area contributed by atoms with Crippen LogP contribution in [-0.4, -0.2) is 29.4 Å². The van der Waals surface area contributed by atoms with Crippen molar-refractivity contribution in [1.29, 1.82) is 0 Å². The monoisotopic (exact) mass is 265 g/mol. The first-order valence-electron chi connectivity index (χ1n) is 4.87. The van der Waals surface area contributed by atoms with Crippen molar-refractivity contribution in [3.8, 4) is 0 Å². The van der Waals surface area contributed by atoms with Gasteiger partial charge in [-0.15, -0.1) is 11.6 Å². The number of hydrogen-bond donors (Lipinski definition) is 0. The summed E-state index contributed by atoms with van der Waals surface area (Å²) in [4.78, 5) is 12.0. The van der Waals surface area contributed by atoms with Crippen molar-refractivity contribution in [2.24, 2.45) is 0 Å². The molecule has 0 spiro atoms. The molecule has 0 aromatic heterocycles. The fourth-order valence-electron chi connectivity index (χ4n) is 1.34. The van der Waals surface area contributed by atoms with Crippen LogP contribution in [0.25, 0.3) is 0 Å². The molecular weight excluding hydrogens is 255 g/mol. The van der Waals surface area contributed by atoms with Gasteiger partial charge >= 0.3 is 6.18 Å². The molecule has 17 heavy (non-hydrogen) atoms. The maximum atomic E-state index is 12.3. The van der Waals surface area contributed by atoms with E-state index in [9.17, 15) is 18.0 Å². The Bertz CT molecular complexity index is 367. The molecule has 0 aliphatic heterocycles. The summed E-state index contributed by atoms with van der Waals surface area (Å²) in [6.07, 6.45) is -4.42. The first-order chi connectivity index (χ1) is 7.92. The van der Waals surface area contributed by atoms with E-state index in [1.807, 2.05) is 0 Å². The zero-order valence-corrected chi connectivity index (χ0v) is 9.63. The number of hydrogen-bond acceptors (Lipinski definition) is 1. The van der Waals surface area contributed by atoms with Crippen LogP contribution in [0.1, 0.15) is 5.56 Å². The fourth-order valence-corrected chi connectivity index (χ4v) is 1.51. The Morgan fingerprint density at radius 1 is 1.24 bits per heavy atom. The Morgan fingerprint density at radius 3 is 2.29 bits per heavy atom. The van der Waals surface area contributed by atoms with Gasteiger partial charge in [0.15, 0.2) is 0 Å². The molecule has 1 amide bonds. The Balaban J connectivity index is 2.74. The fraction of sp³-hybridized carbons (Fsp3) is 0.364. The van der Waals surface area contributed by atoms with E-state index in [0.717, 1.165) is 0 Å². The van der Waals surface area contributed by atoms with Gasteiger partial charge < -0.3 is 4.90 Å². The zero-order valence-electron chi connectivity index (χ0n) is 8.88. The normalized spacial score (nSPS) is 11.3. The van der Waals surface area contributed by atoms with Gasteiger partial charge in [-0.2, -0.15) is 13.2 Å². The maximum Gasteiger partial charge on any atom is 0.406 e. The number of carbonyl (C=O) groups excluding carboxylic acids is 1. The van der Waals surface area contributed by atoms with Gasteiger partial charge in [-0.25, -0.2) is 0 Å². The van der Waals surface area contributed by atoms with E-state index in [1.165, 1.54) is 0 Å². The van der Waals surface area contributed by atoms with E-state index in [1.54, 1.807) is 30.3 Å². The number of amides is 1. The molecule has 0 aliphatic rings. The average Bonchev–Trinajstić information content (AvgIpc) is 2.27. The molecule has 0 unspecified atom stereocenters. The minimum atomic E-state index is -4.42. The predicted molar refractivity (Wildman–Crippen MR) is 58.6 cm³/mol. The largest absolute Gasteiger partial charge is 0.406 e. The molecule has 0 aliphatic carbocycles. The van der Waals surface area contributed by atoms with Crippen molar-refractivity contribution in [3.63, 3.8) is 0 Å². The van der Waals surface area contributed by atoms with Gasteiger partial charge in [-0.3, -0.25) is 4.79 Å². The van der Waals surface area contributed by atoms with Crippen LogP contribution in [0, 0.1) is 0 Å². The summed E-state index contributed by atoms with van der Waals surface area (Å²) in [7, 11) is 0. The van der Waals surface area contributed by atoms with Crippen LogP contribution in [0.2, 0.25) is 0 Å². The summed E-state index contributed by atoms with van der Waals surface area (Å²) >= 11 is 5.28. The highest BCUT2D eigenvalue weighted by Gasteiger charge is 2.32. The third-order valence-corrected chi connectivity index (χ3v) is 2.28. The molecule has 0 radical (unpaired) electrons. The summed E-state index contributed by atoms with van der Waals surface area (Å²) in [5.41, 5.74) is 0.634. The van der Waals surface area contributed by atoms with Crippen molar-refractivity contribution in [1.82, 2.24) is 4.90 Å². The predicted octanol–water partition coefficient (Wildman–Crippen LogP) is 2.82. The van der Waals surface area contributed by atoms with Gasteiger partial charge in [0.1, 0.15) is 12.4 Å². The van der Waals surface area contributed by atoms with E-state index >= 15 is 0 Å². The van der Waals surface area contributed by atoms with Crippen LogP contribution >= 0.6 is 11.6 Å². The van der Waals surface area contributed by atoms with Gasteiger partial charge in [0.25, 0.3) is 0 Å². The molecule has 0 saturated carbocycles. The average molecular weight is 266 g/mol. The van der Waals surface area contributed by atoms with Gasteiger partial charge in [0, 0.05) is 6.54 Å². The Labute approximate surface area is 102 Å². The number of nitrogens with zero attached hydrogens (tertiary/aromatic N) is 1. The van der Waals surface area contributed by atoms with Gasteiger partial charge in [-0.05, 0) is 5.56 Å². The lowest BCUT2D eigenvalue weighted by Gasteiger charge is -2.23. The number of alkyl halides is 4. The molecule has 0 saturated heterocycles. The Kier molecular flexibility index (Phi) is 4.81. The van der Waals surface area contributed by atoms with E-state index in [4.69, 9.17) is 11.6 Å². The molecular formula is C11H11ClF3NO. The summed E-state index contributed by atoms with van der Waals surface area (Å²) in [5, 5.41) is 0. The van der Waals surface area contributed by atoms with Crippen LogP contribution in [0.3, 0.4) is 0 Å². The molecule has 1 aromatic carbocycles. The van der Waals surface area contributed by atoms with Crippen molar-refractivity contribution in [2.75, 3.05) is 12.4 Å². The van der Waals surface area contributed by atoms with Crippen molar-refractivity contribution >= 4 is 17.5 Å². The topological polar surface area (TPSA) is 20.3 Å². The number of rotatable bonds is 4. The molecule has 0 fully saturated rings. The van der Waals surface area contributed by atoms with Crippen LogP contribution in [0.15, 0.2) is 30.3 Å². The van der Waals surface area contributed by atoms with Gasteiger partial charge in [-0.1, -0.05) is 30.3 Å². The lowest BCUT2D eigenvalue weighted by atomic mass is 10.2. The van der Waals surface area contributed by atoms with Gasteiger partial charge in [0.2, 0.25) is 5.91 Å². The first-order valence-corrected chi connectivity index (χ1v) is 5.40. The smallest absolute Gasteiger partial charge is 0.328 e. The molecule has 0 heterocycles. The summed E-state index contributed by atoms with van der Waals surface area (Å²) in [5.74, 6) is -1.18. The quantitative estimate of drug-likeness (QED) is 0.767.